The van der Waals surface area contributed by atoms with E-state index in [2.05, 4.69) is 6.07 Å². The zero-order valence-corrected chi connectivity index (χ0v) is 23.2. The summed E-state index contributed by atoms with van der Waals surface area (Å²) in [6.07, 6.45) is 0. The van der Waals surface area contributed by atoms with Crippen LogP contribution in [-0.2, 0) is 4.79 Å². The lowest BCUT2D eigenvalue weighted by atomic mass is 9.99. The molecule has 1 amide bonds. The van der Waals surface area contributed by atoms with Gasteiger partial charge in [0.05, 0.1) is 35.5 Å². The highest BCUT2D eigenvalue weighted by molar-refractivity contribution is 8.00. The molecule has 2 heterocycles. The van der Waals surface area contributed by atoms with Gasteiger partial charge in [-0.2, -0.15) is 5.26 Å². The Morgan fingerprint density at radius 1 is 0.875 bits per heavy atom. The first kappa shape index (κ1) is 25.8. The van der Waals surface area contributed by atoms with Gasteiger partial charge in [0.25, 0.3) is 0 Å². The molecule has 1 aliphatic rings. The lowest BCUT2D eigenvalue weighted by Crippen LogP contribution is -2.30. The molecule has 0 spiro atoms. The summed E-state index contributed by atoms with van der Waals surface area (Å²) in [5.41, 5.74) is 5.48. The molecular formula is C33H23N3O2S2. The van der Waals surface area contributed by atoms with E-state index in [0.29, 0.717) is 10.6 Å². The second-order valence-electron chi connectivity index (χ2n) is 9.00. The average molecular weight is 558 g/mol. The molecule has 0 saturated carbocycles. The molecule has 0 fully saturated rings. The quantitative estimate of drug-likeness (QED) is 0.196. The fourth-order valence-corrected chi connectivity index (χ4v) is 6.57. The van der Waals surface area contributed by atoms with Gasteiger partial charge in [-0.3, -0.25) is 9.69 Å². The van der Waals surface area contributed by atoms with Crippen LogP contribution in [0.15, 0.2) is 124 Å². The van der Waals surface area contributed by atoms with E-state index in [1.165, 1.54) is 11.8 Å². The number of methoxy groups -OCH3 is 1. The molecular weight excluding hydrogens is 535 g/mol. The first-order valence-electron chi connectivity index (χ1n) is 12.6. The number of para-hydroxylation sites is 2. The van der Waals surface area contributed by atoms with Gasteiger partial charge in [0.15, 0.2) is 0 Å². The van der Waals surface area contributed by atoms with Crippen molar-refractivity contribution in [3.63, 3.8) is 0 Å². The Hall–Kier alpha value is -4.51. The van der Waals surface area contributed by atoms with Crippen LogP contribution in [0.2, 0.25) is 0 Å². The first-order valence-corrected chi connectivity index (χ1v) is 14.4. The minimum atomic E-state index is -0.0769. The summed E-state index contributed by atoms with van der Waals surface area (Å²) in [4.78, 5) is 22.6. The molecule has 1 aliphatic heterocycles. The lowest BCUT2D eigenvalue weighted by Gasteiger charge is -2.31. The number of nitriles is 1. The monoisotopic (exact) mass is 557 g/mol. The molecule has 0 bridgehead atoms. The van der Waals surface area contributed by atoms with Crippen LogP contribution >= 0.6 is 23.5 Å². The number of nitrogens with zero attached hydrogens (tertiary/aromatic N) is 3. The van der Waals surface area contributed by atoms with Gasteiger partial charge in [-0.05, 0) is 48.0 Å². The third-order valence-corrected chi connectivity index (χ3v) is 8.67. The Morgan fingerprint density at radius 2 is 1.50 bits per heavy atom. The molecule has 0 N–H and O–H groups in total. The standard InChI is InChI=1S/C33H23N3O2S2/c1-38-24-17-15-22(16-18-24)25-19-27(23-9-3-2-4-10-23)35-33(26(25)20-34)39-21-32(37)36-28-11-5-7-13-30(28)40-31-14-8-6-12-29(31)36/h2-19H,21H2,1H3. The van der Waals surface area contributed by atoms with Crippen LogP contribution in [-0.4, -0.2) is 23.8 Å². The number of hydrogen-bond donors (Lipinski definition) is 0. The maximum absolute atomic E-state index is 13.8. The van der Waals surface area contributed by atoms with E-state index < -0.39 is 0 Å². The number of hydrogen-bond acceptors (Lipinski definition) is 6. The van der Waals surface area contributed by atoms with E-state index in [9.17, 15) is 10.1 Å². The van der Waals surface area contributed by atoms with Crippen LogP contribution in [0.25, 0.3) is 22.4 Å². The summed E-state index contributed by atoms with van der Waals surface area (Å²) in [7, 11) is 1.62. The fraction of sp³-hybridized carbons (Fsp3) is 0.0606. The normalized spacial score (nSPS) is 11.8. The minimum absolute atomic E-state index is 0.0769. The predicted octanol–water partition coefficient (Wildman–Crippen LogP) is 8.22. The molecule has 0 aliphatic carbocycles. The van der Waals surface area contributed by atoms with Crippen molar-refractivity contribution in [3.05, 3.63) is 115 Å². The van der Waals surface area contributed by atoms with E-state index >= 15 is 0 Å². The summed E-state index contributed by atoms with van der Waals surface area (Å²) in [5, 5.41) is 10.8. The van der Waals surface area contributed by atoms with Gasteiger partial charge in [0.1, 0.15) is 16.8 Å². The van der Waals surface area contributed by atoms with Gasteiger partial charge in [-0.25, -0.2) is 4.98 Å². The molecule has 7 heteroatoms. The first-order chi connectivity index (χ1) is 19.7. The number of benzene rings is 4. The molecule has 5 aromatic rings. The summed E-state index contributed by atoms with van der Waals surface area (Å²) < 4.78 is 5.33. The maximum atomic E-state index is 13.8. The van der Waals surface area contributed by atoms with Gasteiger partial charge in [0, 0.05) is 20.9 Å². The minimum Gasteiger partial charge on any atom is -0.497 e. The molecule has 40 heavy (non-hydrogen) atoms. The van der Waals surface area contributed by atoms with E-state index in [1.54, 1.807) is 23.8 Å². The highest BCUT2D eigenvalue weighted by Crippen LogP contribution is 2.48. The van der Waals surface area contributed by atoms with Crippen LogP contribution < -0.4 is 9.64 Å². The fourth-order valence-electron chi connectivity index (χ4n) is 4.66. The number of amides is 1. The van der Waals surface area contributed by atoms with E-state index in [0.717, 1.165) is 49.3 Å². The van der Waals surface area contributed by atoms with Crippen LogP contribution in [0.1, 0.15) is 5.56 Å². The molecule has 0 saturated heterocycles. The number of pyridine rings is 1. The van der Waals surface area contributed by atoms with Gasteiger partial charge < -0.3 is 4.74 Å². The van der Waals surface area contributed by atoms with Crippen LogP contribution in [0.3, 0.4) is 0 Å². The number of carbonyl (C=O) groups excluding carboxylic acids is 1. The third-order valence-electron chi connectivity index (χ3n) is 6.58. The molecule has 194 valence electrons. The summed E-state index contributed by atoms with van der Waals surface area (Å²) in [6.45, 7) is 0. The van der Waals surface area contributed by atoms with Gasteiger partial charge in [0.2, 0.25) is 5.91 Å². The summed E-state index contributed by atoms with van der Waals surface area (Å²) in [6, 6.07) is 37.6. The molecule has 4 aromatic carbocycles. The van der Waals surface area contributed by atoms with E-state index in [-0.39, 0.29) is 11.7 Å². The molecule has 1 aromatic heterocycles. The zero-order valence-electron chi connectivity index (χ0n) is 21.6. The molecule has 0 unspecified atom stereocenters. The van der Waals surface area contributed by atoms with Crippen molar-refractivity contribution >= 4 is 40.8 Å². The topological polar surface area (TPSA) is 66.2 Å². The molecule has 0 radical (unpaired) electrons. The second kappa shape index (κ2) is 11.3. The number of fused-ring (bicyclic) bond motifs is 2. The smallest absolute Gasteiger partial charge is 0.242 e. The van der Waals surface area contributed by atoms with Crippen LogP contribution in [0.4, 0.5) is 11.4 Å². The van der Waals surface area contributed by atoms with Crippen LogP contribution in [0, 0.1) is 11.3 Å². The van der Waals surface area contributed by atoms with Crippen molar-refractivity contribution in [3.8, 4) is 34.2 Å². The average Bonchev–Trinajstić information content (AvgIpc) is 3.02. The van der Waals surface area contributed by atoms with E-state index in [1.807, 2.05) is 109 Å². The van der Waals surface area contributed by atoms with Crippen molar-refractivity contribution < 1.29 is 9.53 Å². The predicted molar refractivity (Wildman–Crippen MR) is 161 cm³/mol. The number of carbonyl (C=O) groups is 1. The number of rotatable bonds is 6. The molecule has 5 nitrogen and oxygen atoms in total. The maximum Gasteiger partial charge on any atom is 0.242 e. The highest BCUT2D eigenvalue weighted by Gasteiger charge is 2.28. The van der Waals surface area contributed by atoms with Crippen molar-refractivity contribution in [1.29, 1.82) is 5.26 Å². The number of aromatic nitrogens is 1. The molecule has 6 rings (SSSR count). The zero-order chi connectivity index (χ0) is 27.5. The Labute approximate surface area is 241 Å². The van der Waals surface area contributed by atoms with Crippen LogP contribution in [0.5, 0.6) is 5.75 Å². The largest absolute Gasteiger partial charge is 0.497 e. The van der Waals surface area contributed by atoms with Gasteiger partial charge in [-0.15, -0.1) is 0 Å². The second-order valence-corrected chi connectivity index (χ2v) is 11.0. The van der Waals surface area contributed by atoms with Crippen molar-refractivity contribution in [2.75, 3.05) is 17.8 Å². The lowest BCUT2D eigenvalue weighted by molar-refractivity contribution is -0.115. The van der Waals surface area contributed by atoms with E-state index in [4.69, 9.17) is 9.72 Å². The number of ether oxygens (including phenoxy) is 1. The molecule has 0 atom stereocenters. The summed E-state index contributed by atoms with van der Waals surface area (Å²) >= 11 is 2.95. The Morgan fingerprint density at radius 3 is 2.12 bits per heavy atom. The highest BCUT2D eigenvalue weighted by atomic mass is 32.2. The Balaban J connectivity index is 1.39. The van der Waals surface area contributed by atoms with Crippen molar-refractivity contribution in [1.82, 2.24) is 4.98 Å². The Kier molecular flexibility index (Phi) is 7.28. The van der Waals surface area contributed by atoms with Gasteiger partial charge in [-0.1, -0.05) is 90.3 Å². The Bertz CT molecular complexity index is 1700. The van der Waals surface area contributed by atoms with Crippen molar-refractivity contribution in [2.24, 2.45) is 0 Å². The number of anilines is 2. The summed E-state index contributed by atoms with van der Waals surface area (Å²) in [5.74, 6) is 0.780. The third kappa shape index (κ3) is 4.95. The SMILES string of the molecule is COc1ccc(-c2cc(-c3ccccc3)nc(SCC(=O)N3c4ccccc4Sc4ccccc43)c2C#N)cc1. The number of thioether (sulfide) groups is 1. The van der Waals surface area contributed by atoms with Crippen molar-refractivity contribution in [2.45, 2.75) is 14.8 Å². The van der Waals surface area contributed by atoms with Gasteiger partial charge >= 0.3 is 0 Å².